The molecule has 1 aromatic carbocycles. The molecule has 1 aliphatic carbocycles. The first-order valence-corrected chi connectivity index (χ1v) is 7.21. The Morgan fingerprint density at radius 3 is 2.65 bits per heavy atom. The SMILES string of the molecule is CN(CC1CCCCC1)c1ccc([N+](=O)[O-])c(CO)c1. The van der Waals surface area contributed by atoms with Gasteiger partial charge in [0.25, 0.3) is 5.69 Å². The van der Waals surface area contributed by atoms with Crippen molar-refractivity contribution in [2.24, 2.45) is 5.92 Å². The molecular formula is C15H22N2O3. The highest BCUT2D eigenvalue weighted by Crippen LogP contribution is 2.28. The summed E-state index contributed by atoms with van der Waals surface area (Å²) in [7, 11) is 2.01. The van der Waals surface area contributed by atoms with Gasteiger partial charge in [0.15, 0.2) is 0 Å². The molecule has 0 radical (unpaired) electrons. The number of anilines is 1. The molecule has 0 spiro atoms. The fourth-order valence-corrected chi connectivity index (χ4v) is 2.98. The quantitative estimate of drug-likeness (QED) is 0.664. The summed E-state index contributed by atoms with van der Waals surface area (Å²) in [6.45, 7) is 0.671. The van der Waals surface area contributed by atoms with Gasteiger partial charge in [-0.2, -0.15) is 0 Å². The molecule has 1 saturated carbocycles. The average molecular weight is 278 g/mol. The zero-order chi connectivity index (χ0) is 14.5. The Balaban J connectivity index is 2.09. The molecule has 5 nitrogen and oxygen atoms in total. The number of rotatable bonds is 5. The van der Waals surface area contributed by atoms with Crippen LogP contribution in [-0.2, 0) is 6.61 Å². The van der Waals surface area contributed by atoms with Crippen LogP contribution in [0.4, 0.5) is 11.4 Å². The van der Waals surface area contributed by atoms with E-state index >= 15 is 0 Å². The molecule has 2 rings (SSSR count). The van der Waals surface area contributed by atoms with E-state index in [1.54, 1.807) is 12.1 Å². The van der Waals surface area contributed by atoms with Crippen molar-refractivity contribution < 1.29 is 10.0 Å². The molecule has 1 N–H and O–H groups in total. The molecule has 5 heteroatoms. The van der Waals surface area contributed by atoms with E-state index in [0.717, 1.165) is 12.2 Å². The maximum absolute atomic E-state index is 10.9. The average Bonchev–Trinajstić information content (AvgIpc) is 2.47. The van der Waals surface area contributed by atoms with E-state index in [1.807, 2.05) is 7.05 Å². The fraction of sp³-hybridized carbons (Fsp3) is 0.600. The molecule has 0 heterocycles. The Kier molecular flexibility index (Phi) is 4.95. The Morgan fingerprint density at radius 2 is 2.05 bits per heavy atom. The first-order chi connectivity index (χ1) is 9.61. The van der Waals surface area contributed by atoms with E-state index in [2.05, 4.69) is 4.90 Å². The molecule has 0 aliphatic heterocycles. The maximum Gasteiger partial charge on any atom is 0.275 e. The van der Waals surface area contributed by atoms with Crippen molar-refractivity contribution in [3.63, 3.8) is 0 Å². The number of aliphatic hydroxyl groups is 1. The smallest absolute Gasteiger partial charge is 0.275 e. The minimum absolute atomic E-state index is 0.0117. The third-order valence-corrected chi connectivity index (χ3v) is 4.13. The number of nitro groups is 1. The van der Waals surface area contributed by atoms with Crippen LogP contribution in [0, 0.1) is 16.0 Å². The lowest BCUT2D eigenvalue weighted by atomic mass is 9.89. The summed E-state index contributed by atoms with van der Waals surface area (Å²) < 4.78 is 0. The van der Waals surface area contributed by atoms with Crippen LogP contribution in [0.2, 0.25) is 0 Å². The van der Waals surface area contributed by atoms with Gasteiger partial charge in [0.05, 0.1) is 17.1 Å². The van der Waals surface area contributed by atoms with Crippen LogP contribution in [0.5, 0.6) is 0 Å². The molecule has 0 unspecified atom stereocenters. The third kappa shape index (κ3) is 3.48. The summed E-state index contributed by atoms with van der Waals surface area (Å²) >= 11 is 0. The van der Waals surface area contributed by atoms with Crippen molar-refractivity contribution in [2.45, 2.75) is 38.7 Å². The summed E-state index contributed by atoms with van der Waals surface area (Å²) in [4.78, 5) is 12.5. The summed E-state index contributed by atoms with van der Waals surface area (Å²) in [5.41, 5.74) is 1.30. The van der Waals surface area contributed by atoms with E-state index in [1.165, 1.54) is 38.2 Å². The van der Waals surface area contributed by atoms with E-state index in [0.29, 0.717) is 11.5 Å². The zero-order valence-corrected chi connectivity index (χ0v) is 11.9. The van der Waals surface area contributed by atoms with E-state index in [9.17, 15) is 15.2 Å². The lowest BCUT2D eigenvalue weighted by Gasteiger charge is -2.28. The number of nitrogens with zero attached hydrogens (tertiary/aromatic N) is 2. The van der Waals surface area contributed by atoms with Gasteiger partial charge in [0.2, 0.25) is 0 Å². The van der Waals surface area contributed by atoms with E-state index < -0.39 is 4.92 Å². The predicted octanol–water partition coefficient (Wildman–Crippen LogP) is 3.10. The normalized spacial score (nSPS) is 16.1. The lowest BCUT2D eigenvalue weighted by molar-refractivity contribution is -0.385. The van der Waals surface area contributed by atoms with Gasteiger partial charge in [-0.05, 0) is 30.9 Å². The first kappa shape index (κ1) is 14.8. The minimum atomic E-state index is -0.448. The van der Waals surface area contributed by atoms with Gasteiger partial charge in [-0.25, -0.2) is 0 Å². The second-order valence-corrected chi connectivity index (χ2v) is 5.61. The zero-order valence-electron chi connectivity index (χ0n) is 11.9. The summed E-state index contributed by atoms with van der Waals surface area (Å²) in [5, 5.41) is 20.1. The maximum atomic E-state index is 10.9. The largest absolute Gasteiger partial charge is 0.391 e. The molecule has 0 amide bonds. The summed E-state index contributed by atoms with van der Waals surface area (Å²) in [6, 6.07) is 4.97. The highest BCUT2D eigenvalue weighted by atomic mass is 16.6. The van der Waals surface area contributed by atoms with Crippen LogP contribution in [0.15, 0.2) is 18.2 Å². The van der Waals surface area contributed by atoms with Crippen LogP contribution < -0.4 is 4.90 Å². The number of aliphatic hydroxyl groups excluding tert-OH is 1. The lowest BCUT2D eigenvalue weighted by Crippen LogP contribution is -2.26. The molecule has 110 valence electrons. The Hall–Kier alpha value is -1.62. The first-order valence-electron chi connectivity index (χ1n) is 7.21. The molecule has 0 atom stereocenters. The minimum Gasteiger partial charge on any atom is -0.391 e. The van der Waals surface area contributed by atoms with Crippen LogP contribution in [0.25, 0.3) is 0 Å². The molecule has 20 heavy (non-hydrogen) atoms. The van der Waals surface area contributed by atoms with Gasteiger partial charge >= 0.3 is 0 Å². The Morgan fingerprint density at radius 1 is 1.35 bits per heavy atom. The van der Waals surface area contributed by atoms with Gasteiger partial charge in [-0.3, -0.25) is 10.1 Å². The highest BCUT2D eigenvalue weighted by molar-refractivity contribution is 5.55. The topological polar surface area (TPSA) is 66.6 Å². The standard InChI is InChI=1S/C15H22N2O3/c1-16(10-12-5-3-2-4-6-12)14-7-8-15(17(19)20)13(9-14)11-18/h7-9,12,18H,2-6,10-11H2,1H3. The molecule has 0 bridgehead atoms. The Bertz CT molecular complexity index is 470. The van der Waals surface area contributed by atoms with Crippen molar-refractivity contribution in [2.75, 3.05) is 18.5 Å². The number of benzene rings is 1. The van der Waals surface area contributed by atoms with Crippen molar-refractivity contribution in [3.8, 4) is 0 Å². The molecule has 1 fully saturated rings. The summed E-state index contributed by atoms with van der Waals surface area (Å²) in [5.74, 6) is 0.710. The number of nitro benzene ring substituents is 1. The molecular weight excluding hydrogens is 256 g/mol. The van der Waals surface area contributed by atoms with E-state index in [-0.39, 0.29) is 12.3 Å². The van der Waals surface area contributed by atoms with Gasteiger partial charge in [0, 0.05) is 25.3 Å². The second-order valence-electron chi connectivity index (χ2n) is 5.61. The van der Waals surface area contributed by atoms with Crippen LogP contribution in [0.3, 0.4) is 0 Å². The van der Waals surface area contributed by atoms with Gasteiger partial charge in [-0.1, -0.05) is 19.3 Å². The molecule has 1 aromatic rings. The van der Waals surface area contributed by atoms with Gasteiger partial charge in [-0.15, -0.1) is 0 Å². The number of hydrogen-bond donors (Lipinski definition) is 1. The van der Waals surface area contributed by atoms with E-state index in [4.69, 9.17) is 0 Å². The van der Waals surface area contributed by atoms with Crippen molar-refractivity contribution in [1.82, 2.24) is 0 Å². The van der Waals surface area contributed by atoms with Crippen molar-refractivity contribution in [1.29, 1.82) is 0 Å². The molecule has 0 aromatic heterocycles. The van der Waals surface area contributed by atoms with Crippen molar-refractivity contribution >= 4 is 11.4 Å². The van der Waals surface area contributed by atoms with Crippen LogP contribution in [0.1, 0.15) is 37.7 Å². The second kappa shape index (κ2) is 6.70. The van der Waals surface area contributed by atoms with Crippen molar-refractivity contribution in [3.05, 3.63) is 33.9 Å². The molecule has 1 aliphatic rings. The Labute approximate surface area is 119 Å². The highest BCUT2D eigenvalue weighted by Gasteiger charge is 2.18. The van der Waals surface area contributed by atoms with Gasteiger partial charge in [0.1, 0.15) is 0 Å². The third-order valence-electron chi connectivity index (χ3n) is 4.13. The van der Waals surface area contributed by atoms with Gasteiger partial charge < -0.3 is 10.0 Å². The van der Waals surface area contributed by atoms with Crippen LogP contribution in [-0.4, -0.2) is 23.6 Å². The van der Waals surface area contributed by atoms with Crippen LogP contribution >= 0.6 is 0 Å². The monoisotopic (exact) mass is 278 g/mol. The number of hydrogen-bond acceptors (Lipinski definition) is 4. The fourth-order valence-electron chi connectivity index (χ4n) is 2.98. The summed E-state index contributed by atoms with van der Waals surface area (Å²) in [6.07, 6.45) is 6.49. The predicted molar refractivity (Wildman–Crippen MR) is 78.9 cm³/mol. The molecule has 0 saturated heterocycles.